The number of urea groups is 1. The second-order valence-electron chi connectivity index (χ2n) is 8.89. The highest BCUT2D eigenvalue weighted by atomic mass is 19.4. The van der Waals surface area contributed by atoms with Crippen LogP contribution in [0.5, 0.6) is 0 Å². The van der Waals surface area contributed by atoms with Crippen LogP contribution in [0.1, 0.15) is 37.3 Å². The van der Waals surface area contributed by atoms with Gasteiger partial charge in [0.2, 0.25) is 5.91 Å². The van der Waals surface area contributed by atoms with Crippen LogP contribution in [0.2, 0.25) is 0 Å². The van der Waals surface area contributed by atoms with Crippen molar-refractivity contribution in [3.8, 4) is 0 Å². The van der Waals surface area contributed by atoms with Crippen molar-refractivity contribution in [2.75, 3.05) is 32.8 Å². The molecule has 1 aromatic rings. The number of rotatable bonds is 2. The van der Waals surface area contributed by atoms with Crippen LogP contribution in [0.4, 0.5) is 18.0 Å². The minimum absolute atomic E-state index is 0.0460. The van der Waals surface area contributed by atoms with Gasteiger partial charge in [0.15, 0.2) is 0 Å². The third-order valence-electron chi connectivity index (χ3n) is 6.56. The normalized spacial score (nSPS) is 25.4. The Bertz CT molecular complexity index is 819. The van der Waals surface area contributed by atoms with E-state index in [0.29, 0.717) is 32.6 Å². The lowest BCUT2D eigenvalue weighted by Crippen LogP contribution is -2.63. The van der Waals surface area contributed by atoms with Crippen LogP contribution in [0.15, 0.2) is 24.3 Å². The van der Waals surface area contributed by atoms with Crippen molar-refractivity contribution >= 4 is 11.9 Å². The van der Waals surface area contributed by atoms with Gasteiger partial charge in [-0.05, 0) is 31.4 Å². The molecule has 0 saturated carbocycles. The molecule has 3 fully saturated rings. The molecule has 1 N–H and O–H groups in total. The number of hydrogen-bond donors (Lipinski definition) is 1. The first-order valence-corrected chi connectivity index (χ1v) is 10.2. The molecule has 3 amide bonds. The van der Waals surface area contributed by atoms with Crippen molar-refractivity contribution in [1.29, 1.82) is 0 Å². The van der Waals surface area contributed by atoms with Crippen molar-refractivity contribution in [3.63, 3.8) is 0 Å². The Kier molecular flexibility index (Phi) is 5.20. The number of piperidine rings is 1. The highest BCUT2D eigenvalue weighted by Crippen LogP contribution is 2.41. The summed E-state index contributed by atoms with van der Waals surface area (Å²) in [5.74, 6) is -0.0426. The van der Waals surface area contributed by atoms with E-state index in [2.05, 4.69) is 5.32 Å². The number of nitrogens with one attached hydrogen (secondary N) is 1. The smallest absolute Gasteiger partial charge is 0.366 e. The van der Waals surface area contributed by atoms with E-state index in [0.717, 1.165) is 5.56 Å². The molecule has 3 aliphatic rings. The quantitative estimate of drug-likeness (QED) is 0.793. The predicted molar refractivity (Wildman–Crippen MR) is 103 cm³/mol. The van der Waals surface area contributed by atoms with Gasteiger partial charge < -0.3 is 19.9 Å². The standard InChI is InChI=1S/C21H26F3N3O3/c1-20(2,21(22,23)24)15-5-3-13(4-6-15)14-9-27(10-14)19(29)26-8-7-17-16(11-26)25-18(28)12-30-17/h3-6,14,16-17H,7-12H2,1-2H3,(H,25,28)/t16-,17+/m1/s1. The first kappa shape index (κ1) is 21.0. The fourth-order valence-corrected chi connectivity index (χ4v) is 4.25. The zero-order chi connectivity index (χ0) is 21.7. The third-order valence-corrected chi connectivity index (χ3v) is 6.56. The van der Waals surface area contributed by atoms with Crippen molar-refractivity contribution < 1.29 is 27.5 Å². The van der Waals surface area contributed by atoms with Crippen molar-refractivity contribution in [2.45, 2.75) is 49.9 Å². The number of halogens is 3. The van der Waals surface area contributed by atoms with Crippen LogP contribution in [-0.4, -0.2) is 72.8 Å². The second-order valence-corrected chi connectivity index (χ2v) is 8.89. The van der Waals surface area contributed by atoms with Gasteiger partial charge in [-0.15, -0.1) is 0 Å². The number of benzene rings is 1. The molecule has 2 atom stereocenters. The Balaban J connectivity index is 1.32. The molecule has 0 radical (unpaired) electrons. The van der Waals surface area contributed by atoms with Crippen molar-refractivity contribution in [3.05, 3.63) is 35.4 Å². The Morgan fingerprint density at radius 2 is 1.77 bits per heavy atom. The van der Waals surface area contributed by atoms with E-state index in [9.17, 15) is 22.8 Å². The zero-order valence-electron chi connectivity index (χ0n) is 17.0. The molecule has 30 heavy (non-hydrogen) atoms. The molecule has 3 heterocycles. The van der Waals surface area contributed by atoms with Crippen LogP contribution < -0.4 is 5.32 Å². The molecule has 0 aromatic heterocycles. The summed E-state index contributed by atoms with van der Waals surface area (Å²) in [5.41, 5.74) is -0.740. The van der Waals surface area contributed by atoms with Crippen LogP contribution in [0, 0.1) is 0 Å². The van der Waals surface area contributed by atoms with Gasteiger partial charge in [0.1, 0.15) is 6.61 Å². The summed E-state index contributed by atoms with van der Waals surface area (Å²) in [6.45, 7) is 4.50. The fourth-order valence-electron chi connectivity index (χ4n) is 4.25. The van der Waals surface area contributed by atoms with Crippen LogP contribution in [0.3, 0.4) is 0 Å². The summed E-state index contributed by atoms with van der Waals surface area (Å²) in [7, 11) is 0. The van der Waals surface area contributed by atoms with Crippen LogP contribution >= 0.6 is 0 Å². The molecule has 0 unspecified atom stereocenters. The summed E-state index contributed by atoms with van der Waals surface area (Å²) in [6, 6.07) is 6.28. The van der Waals surface area contributed by atoms with E-state index in [1.165, 1.54) is 26.0 Å². The van der Waals surface area contributed by atoms with Gasteiger partial charge in [0.25, 0.3) is 0 Å². The summed E-state index contributed by atoms with van der Waals surface area (Å²) in [4.78, 5) is 27.8. The minimum atomic E-state index is -4.31. The Morgan fingerprint density at radius 1 is 1.10 bits per heavy atom. The third kappa shape index (κ3) is 3.75. The zero-order valence-corrected chi connectivity index (χ0v) is 17.0. The molecule has 3 saturated heterocycles. The molecule has 1 aromatic carbocycles. The molecule has 4 rings (SSSR count). The number of morpholine rings is 1. The van der Waals surface area contributed by atoms with Gasteiger partial charge in [-0.2, -0.15) is 13.2 Å². The molecule has 164 valence electrons. The fraction of sp³-hybridized carbons (Fsp3) is 0.619. The summed E-state index contributed by atoms with van der Waals surface area (Å²) in [5, 5.41) is 2.88. The van der Waals surface area contributed by atoms with Crippen LogP contribution in [-0.2, 0) is 14.9 Å². The Labute approximate surface area is 173 Å². The number of likely N-dealkylation sites (tertiary alicyclic amines) is 2. The van der Waals surface area contributed by atoms with Gasteiger partial charge in [-0.3, -0.25) is 4.79 Å². The monoisotopic (exact) mass is 425 g/mol. The molecule has 0 spiro atoms. The number of nitrogens with zero attached hydrogens (tertiary/aromatic N) is 2. The van der Waals surface area contributed by atoms with E-state index < -0.39 is 11.6 Å². The average molecular weight is 425 g/mol. The summed E-state index contributed by atoms with van der Waals surface area (Å²) in [6.07, 6.45) is -3.68. The van der Waals surface area contributed by atoms with E-state index in [1.807, 2.05) is 0 Å². The number of carbonyl (C=O) groups excluding carboxylic acids is 2. The number of carbonyl (C=O) groups is 2. The first-order valence-electron chi connectivity index (χ1n) is 10.2. The largest absolute Gasteiger partial charge is 0.397 e. The van der Waals surface area contributed by atoms with Gasteiger partial charge in [-0.1, -0.05) is 24.3 Å². The lowest BCUT2D eigenvalue weighted by atomic mass is 9.82. The van der Waals surface area contributed by atoms with Crippen molar-refractivity contribution in [1.82, 2.24) is 15.1 Å². The molecule has 6 nitrogen and oxygen atoms in total. The number of fused-ring (bicyclic) bond motifs is 1. The Morgan fingerprint density at radius 3 is 2.40 bits per heavy atom. The van der Waals surface area contributed by atoms with E-state index in [4.69, 9.17) is 4.74 Å². The minimum Gasteiger partial charge on any atom is -0.366 e. The number of hydrogen-bond acceptors (Lipinski definition) is 3. The highest BCUT2D eigenvalue weighted by Gasteiger charge is 2.48. The lowest BCUT2D eigenvalue weighted by Gasteiger charge is -2.46. The summed E-state index contributed by atoms with van der Waals surface area (Å²) < 4.78 is 45.2. The second kappa shape index (κ2) is 7.44. The molecule has 9 heteroatoms. The maximum atomic E-state index is 13.2. The molecule has 0 aliphatic carbocycles. The average Bonchev–Trinajstić information content (AvgIpc) is 2.65. The predicted octanol–water partition coefficient (Wildman–Crippen LogP) is 2.64. The van der Waals surface area contributed by atoms with Crippen molar-refractivity contribution in [2.24, 2.45) is 0 Å². The molecule has 3 aliphatic heterocycles. The number of alkyl halides is 3. The van der Waals surface area contributed by atoms with Gasteiger partial charge in [-0.25, -0.2) is 4.79 Å². The molecular formula is C21H26F3N3O3. The maximum Gasteiger partial charge on any atom is 0.397 e. The topological polar surface area (TPSA) is 61.9 Å². The number of ether oxygens (including phenoxy) is 1. The highest BCUT2D eigenvalue weighted by molar-refractivity contribution is 5.79. The van der Waals surface area contributed by atoms with Crippen LogP contribution in [0.25, 0.3) is 0 Å². The first-order chi connectivity index (χ1) is 14.1. The van der Waals surface area contributed by atoms with E-state index in [1.54, 1.807) is 21.9 Å². The van der Waals surface area contributed by atoms with E-state index >= 15 is 0 Å². The molecular weight excluding hydrogens is 399 g/mol. The van der Waals surface area contributed by atoms with Gasteiger partial charge >= 0.3 is 12.2 Å². The maximum absolute atomic E-state index is 13.2. The lowest BCUT2D eigenvalue weighted by molar-refractivity contribution is -0.180. The molecule has 0 bridgehead atoms. The number of amides is 3. The van der Waals surface area contributed by atoms with Gasteiger partial charge in [0.05, 0.1) is 17.6 Å². The van der Waals surface area contributed by atoms with E-state index in [-0.39, 0.29) is 42.2 Å². The summed E-state index contributed by atoms with van der Waals surface area (Å²) >= 11 is 0. The SMILES string of the molecule is CC(C)(c1ccc(C2CN(C(=O)N3CC[C@@H]4OCC(=O)N[C@@H]4C3)C2)cc1)C(F)(F)F. The van der Waals surface area contributed by atoms with Gasteiger partial charge in [0, 0.05) is 32.1 Å². The Hall–Kier alpha value is -2.29.